The highest BCUT2D eigenvalue weighted by Gasteiger charge is 2.34. The molecular weight excluding hydrogens is 285 g/mol. The van der Waals surface area contributed by atoms with Crippen molar-refractivity contribution < 1.29 is 18.0 Å². The molecule has 0 spiro atoms. The van der Waals surface area contributed by atoms with E-state index in [9.17, 15) is 18.0 Å². The molecule has 0 saturated carbocycles. The molecule has 4 N–H and O–H groups in total. The third-order valence-corrected chi connectivity index (χ3v) is 2.81. The molecule has 1 rings (SSSR count). The van der Waals surface area contributed by atoms with Crippen LogP contribution in [0, 0.1) is 11.3 Å². The number of hydrogen-bond acceptors (Lipinski definition) is 4. The summed E-state index contributed by atoms with van der Waals surface area (Å²) in [5, 5.41) is 11.0. The van der Waals surface area contributed by atoms with Crippen molar-refractivity contribution in [2.24, 2.45) is 5.84 Å². The van der Waals surface area contributed by atoms with Crippen LogP contribution in [0.3, 0.4) is 0 Å². The van der Waals surface area contributed by atoms with Gasteiger partial charge in [0.2, 0.25) is 5.91 Å². The molecular formula is C13H15F3N4O. The lowest BCUT2D eigenvalue weighted by Crippen LogP contribution is -2.44. The maximum atomic E-state index is 12.8. The number of alkyl halides is 3. The fraction of sp³-hybridized carbons (Fsp3) is 0.385. The van der Waals surface area contributed by atoms with Gasteiger partial charge in [0.15, 0.2) is 0 Å². The van der Waals surface area contributed by atoms with Gasteiger partial charge in [0, 0.05) is 5.69 Å². The lowest BCUT2D eigenvalue weighted by Gasteiger charge is -2.16. The summed E-state index contributed by atoms with van der Waals surface area (Å²) in [5.41, 5.74) is 0.680. The quantitative estimate of drug-likeness (QED) is 0.574. The smallest absolute Gasteiger partial charge is 0.325 e. The number of nitriles is 1. The predicted molar refractivity (Wildman–Crippen MR) is 70.8 cm³/mol. The number of nitrogens with two attached hydrogens (primary N) is 1. The third-order valence-electron chi connectivity index (χ3n) is 2.81. The van der Waals surface area contributed by atoms with Gasteiger partial charge in [0.1, 0.15) is 6.04 Å². The first-order valence-corrected chi connectivity index (χ1v) is 6.21. The van der Waals surface area contributed by atoms with E-state index in [0.29, 0.717) is 12.8 Å². The summed E-state index contributed by atoms with van der Waals surface area (Å²) in [6, 6.07) is 3.77. The van der Waals surface area contributed by atoms with E-state index in [1.165, 1.54) is 12.1 Å². The number of hydrogen-bond donors (Lipinski definition) is 3. The van der Waals surface area contributed by atoms with Crippen LogP contribution >= 0.6 is 0 Å². The van der Waals surface area contributed by atoms with Gasteiger partial charge >= 0.3 is 6.18 Å². The Hall–Kier alpha value is -2.11. The van der Waals surface area contributed by atoms with Gasteiger partial charge in [-0.05, 0) is 24.6 Å². The van der Waals surface area contributed by atoms with E-state index in [2.05, 4.69) is 10.7 Å². The minimum Gasteiger partial charge on any atom is -0.325 e. The number of anilines is 1. The van der Waals surface area contributed by atoms with Gasteiger partial charge in [-0.25, -0.2) is 5.43 Å². The summed E-state index contributed by atoms with van der Waals surface area (Å²) >= 11 is 0. The summed E-state index contributed by atoms with van der Waals surface area (Å²) in [7, 11) is 0. The van der Waals surface area contributed by atoms with Crippen molar-refractivity contribution in [2.45, 2.75) is 32.0 Å². The van der Waals surface area contributed by atoms with Gasteiger partial charge in [-0.1, -0.05) is 13.3 Å². The molecule has 8 heteroatoms. The van der Waals surface area contributed by atoms with Crippen LogP contribution in [0.2, 0.25) is 0 Å². The number of halogens is 3. The zero-order chi connectivity index (χ0) is 16.0. The first-order chi connectivity index (χ1) is 9.83. The van der Waals surface area contributed by atoms with Crippen molar-refractivity contribution in [1.29, 1.82) is 5.26 Å². The predicted octanol–water partition coefficient (Wildman–Crippen LogP) is 2.15. The Kier molecular flexibility index (Phi) is 5.69. The third kappa shape index (κ3) is 4.44. The number of rotatable bonds is 5. The second-order valence-electron chi connectivity index (χ2n) is 4.37. The number of nitrogens with one attached hydrogen (secondary N) is 2. The van der Waals surface area contributed by atoms with E-state index in [1.807, 2.05) is 6.92 Å². The minimum atomic E-state index is -4.67. The molecule has 0 aromatic heterocycles. The topological polar surface area (TPSA) is 90.9 Å². The number of carbonyl (C=O) groups is 1. The Balaban J connectivity index is 3.01. The summed E-state index contributed by atoms with van der Waals surface area (Å²) < 4.78 is 38.4. The highest BCUT2D eigenvalue weighted by molar-refractivity contribution is 5.94. The molecule has 5 nitrogen and oxygen atoms in total. The average Bonchev–Trinajstić information content (AvgIpc) is 2.43. The number of nitrogens with zero attached hydrogens (tertiary/aromatic N) is 1. The van der Waals surface area contributed by atoms with E-state index < -0.39 is 29.3 Å². The Morgan fingerprint density at radius 3 is 2.62 bits per heavy atom. The highest BCUT2D eigenvalue weighted by Crippen LogP contribution is 2.33. The van der Waals surface area contributed by atoms with Crippen molar-refractivity contribution >= 4 is 11.6 Å². The van der Waals surface area contributed by atoms with Crippen LogP contribution in [0.5, 0.6) is 0 Å². The maximum Gasteiger partial charge on any atom is 0.417 e. The monoisotopic (exact) mass is 300 g/mol. The van der Waals surface area contributed by atoms with Gasteiger partial charge in [-0.2, -0.15) is 18.4 Å². The SMILES string of the molecule is CCCC(NN)C(=O)Nc1ccc(C#N)c(C(F)(F)F)c1. The van der Waals surface area contributed by atoms with Crippen LogP contribution in [0.25, 0.3) is 0 Å². The standard InChI is InChI=1S/C13H15F3N4O/c1-2-3-11(20-18)12(21)19-9-5-4-8(7-17)10(6-9)13(14,15)16/h4-6,11,20H,2-3,18H2,1H3,(H,19,21). The lowest BCUT2D eigenvalue weighted by atomic mass is 10.1. The second kappa shape index (κ2) is 7.06. The average molecular weight is 300 g/mol. The Morgan fingerprint density at radius 1 is 1.48 bits per heavy atom. The van der Waals surface area contributed by atoms with Gasteiger partial charge in [0.25, 0.3) is 0 Å². The number of hydrazine groups is 1. The first-order valence-electron chi connectivity index (χ1n) is 6.21. The molecule has 1 aromatic carbocycles. The van der Waals surface area contributed by atoms with Crippen molar-refractivity contribution in [3.8, 4) is 6.07 Å². The number of carbonyl (C=O) groups excluding carboxylic acids is 1. The molecule has 0 heterocycles. The van der Waals surface area contributed by atoms with E-state index in [-0.39, 0.29) is 5.69 Å². The Bertz CT molecular complexity index is 551. The fourth-order valence-electron chi connectivity index (χ4n) is 1.76. The Morgan fingerprint density at radius 2 is 2.14 bits per heavy atom. The molecule has 1 aromatic rings. The molecule has 0 aliphatic rings. The van der Waals surface area contributed by atoms with Crippen LogP contribution in [0.1, 0.15) is 30.9 Å². The number of benzene rings is 1. The normalized spacial score (nSPS) is 12.6. The van der Waals surface area contributed by atoms with Crippen LogP contribution in [0.15, 0.2) is 18.2 Å². The van der Waals surface area contributed by atoms with Gasteiger partial charge < -0.3 is 5.32 Å². The molecule has 21 heavy (non-hydrogen) atoms. The summed E-state index contributed by atoms with van der Waals surface area (Å²) in [5.74, 6) is 4.69. The second-order valence-corrected chi connectivity index (χ2v) is 4.37. The molecule has 0 fully saturated rings. The Labute approximate surface area is 119 Å². The lowest BCUT2D eigenvalue weighted by molar-refractivity contribution is -0.137. The maximum absolute atomic E-state index is 12.8. The van der Waals surface area contributed by atoms with Crippen molar-refractivity contribution in [2.75, 3.05) is 5.32 Å². The van der Waals surface area contributed by atoms with E-state index in [0.717, 1.165) is 12.1 Å². The van der Waals surface area contributed by atoms with E-state index in [1.54, 1.807) is 0 Å². The van der Waals surface area contributed by atoms with Gasteiger partial charge in [-0.3, -0.25) is 10.6 Å². The van der Waals surface area contributed by atoms with E-state index >= 15 is 0 Å². The summed E-state index contributed by atoms with van der Waals surface area (Å²) in [6.45, 7) is 1.85. The summed E-state index contributed by atoms with van der Waals surface area (Å²) in [6.07, 6.45) is -3.53. The molecule has 1 amide bonds. The highest BCUT2D eigenvalue weighted by atomic mass is 19.4. The van der Waals surface area contributed by atoms with Gasteiger partial charge in [0.05, 0.1) is 17.2 Å². The first kappa shape index (κ1) is 16.9. The largest absolute Gasteiger partial charge is 0.417 e. The van der Waals surface area contributed by atoms with Crippen LogP contribution in [0.4, 0.5) is 18.9 Å². The molecule has 0 saturated heterocycles. The van der Waals surface area contributed by atoms with E-state index in [4.69, 9.17) is 11.1 Å². The van der Waals surface area contributed by atoms with Crippen LogP contribution < -0.4 is 16.6 Å². The fourth-order valence-corrected chi connectivity index (χ4v) is 1.76. The number of amides is 1. The molecule has 1 unspecified atom stereocenters. The molecule has 0 radical (unpaired) electrons. The van der Waals surface area contributed by atoms with Crippen LogP contribution in [-0.4, -0.2) is 11.9 Å². The molecule has 0 aliphatic heterocycles. The minimum absolute atomic E-state index is 0.0392. The summed E-state index contributed by atoms with van der Waals surface area (Å²) in [4.78, 5) is 11.8. The molecule has 0 bridgehead atoms. The zero-order valence-corrected chi connectivity index (χ0v) is 11.3. The molecule has 1 atom stereocenters. The zero-order valence-electron chi connectivity index (χ0n) is 11.3. The van der Waals surface area contributed by atoms with Crippen LogP contribution in [-0.2, 0) is 11.0 Å². The van der Waals surface area contributed by atoms with Gasteiger partial charge in [-0.15, -0.1) is 0 Å². The molecule has 0 aliphatic carbocycles. The molecule has 114 valence electrons. The van der Waals surface area contributed by atoms with Crippen molar-refractivity contribution in [3.05, 3.63) is 29.3 Å². The van der Waals surface area contributed by atoms with Crippen molar-refractivity contribution in [1.82, 2.24) is 5.43 Å². The van der Waals surface area contributed by atoms with Crippen molar-refractivity contribution in [3.63, 3.8) is 0 Å².